The second-order valence-corrected chi connectivity index (χ2v) is 5.19. The van der Waals surface area contributed by atoms with E-state index in [1.807, 2.05) is 0 Å². The Morgan fingerprint density at radius 2 is 1.55 bits per heavy atom. The van der Waals surface area contributed by atoms with Crippen molar-refractivity contribution in [2.24, 2.45) is 11.8 Å². The van der Waals surface area contributed by atoms with Crippen LogP contribution in [0.3, 0.4) is 0 Å². The highest BCUT2D eigenvalue weighted by molar-refractivity contribution is 6.15. The lowest BCUT2D eigenvalue weighted by Gasteiger charge is -2.19. The maximum absolute atomic E-state index is 12.2. The van der Waals surface area contributed by atoms with Crippen molar-refractivity contribution in [2.75, 3.05) is 0 Å². The van der Waals surface area contributed by atoms with Gasteiger partial charge in [0.15, 0.2) is 0 Å². The molecule has 0 spiro atoms. The predicted molar refractivity (Wildman–Crippen MR) is 69.8 cm³/mol. The Kier molecular flexibility index (Phi) is 3.26. The Labute approximate surface area is 116 Å². The van der Waals surface area contributed by atoms with E-state index in [1.54, 1.807) is 30.3 Å². The molecular weight excluding hydrogens is 258 g/mol. The molecule has 2 unspecified atom stereocenters. The molecule has 0 aromatic heterocycles. The van der Waals surface area contributed by atoms with Gasteiger partial charge < -0.3 is 4.74 Å². The van der Waals surface area contributed by atoms with Gasteiger partial charge in [-0.25, -0.2) is 4.79 Å². The molecule has 2 fully saturated rings. The second kappa shape index (κ2) is 5.07. The second-order valence-electron chi connectivity index (χ2n) is 5.19. The fourth-order valence-corrected chi connectivity index (χ4v) is 2.98. The molecule has 1 aliphatic heterocycles. The van der Waals surface area contributed by atoms with E-state index in [0.29, 0.717) is 23.5 Å². The molecule has 2 aliphatic rings. The summed E-state index contributed by atoms with van der Waals surface area (Å²) < 4.78 is 5.09. The minimum atomic E-state index is -0.888. The van der Waals surface area contributed by atoms with Crippen LogP contribution in [-0.4, -0.2) is 22.8 Å². The lowest BCUT2D eigenvalue weighted by atomic mass is 9.81. The van der Waals surface area contributed by atoms with Crippen LogP contribution in [-0.2, 0) is 9.59 Å². The fourth-order valence-electron chi connectivity index (χ4n) is 2.98. The quantitative estimate of drug-likeness (QED) is 0.737. The Balaban J connectivity index is 1.78. The number of para-hydroxylation sites is 1. The predicted octanol–water partition coefficient (Wildman–Crippen LogP) is 2.36. The van der Waals surface area contributed by atoms with Crippen molar-refractivity contribution < 1.29 is 19.1 Å². The molecule has 5 heteroatoms. The van der Waals surface area contributed by atoms with Crippen molar-refractivity contribution >= 4 is 17.9 Å². The summed E-state index contributed by atoms with van der Waals surface area (Å²) in [6.45, 7) is 0. The molecule has 2 atom stereocenters. The molecule has 0 bridgehead atoms. The summed E-state index contributed by atoms with van der Waals surface area (Å²) in [6.07, 6.45) is 2.35. The zero-order valence-corrected chi connectivity index (χ0v) is 11.0. The summed E-state index contributed by atoms with van der Waals surface area (Å²) in [5.41, 5.74) is 0. The first-order valence-electron chi connectivity index (χ1n) is 6.83. The average Bonchev–Trinajstić information content (AvgIpc) is 2.72. The number of hydrogen-bond donors (Lipinski definition) is 0. The molecule has 1 aromatic carbocycles. The van der Waals surface area contributed by atoms with Gasteiger partial charge in [0.2, 0.25) is 11.8 Å². The minimum absolute atomic E-state index is 0.327. The summed E-state index contributed by atoms with van der Waals surface area (Å²) in [4.78, 5) is 37.1. The number of benzene rings is 1. The van der Waals surface area contributed by atoms with Crippen LogP contribution in [0, 0.1) is 11.8 Å². The van der Waals surface area contributed by atoms with E-state index >= 15 is 0 Å². The Morgan fingerprint density at radius 1 is 1.00 bits per heavy atom. The van der Waals surface area contributed by atoms with Gasteiger partial charge in [0.25, 0.3) is 0 Å². The van der Waals surface area contributed by atoms with Crippen molar-refractivity contribution in [3.05, 3.63) is 30.3 Å². The van der Waals surface area contributed by atoms with Crippen LogP contribution in [0.4, 0.5) is 4.79 Å². The van der Waals surface area contributed by atoms with Crippen molar-refractivity contribution in [2.45, 2.75) is 25.7 Å². The zero-order valence-electron chi connectivity index (χ0n) is 11.0. The Morgan fingerprint density at radius 3 is 2.10 bits per heavy atom. The molecule has 3 rings (SSSR count). The maximum atomic E-state index is 12.2. The molecule has 1 heterocycles. The van der Waals surface area contributed by atoms with Crippen molar-refractivity contribution in [1.29, 1.82) is 0 Å². The van der Waals surface area contributed by atoms with E-state index in [4.69, 9.17) is 4.74 Å². The highest BCUT2D eigenvalue weighted by Crippen LogP contribution is 2.38. The molecular formula is C15H15NO4. The number of carbonyl (C=O) groups is 3. The molecule has 1 aromatic rings. The standard InChI is InChI=1S/C15H15NO4/c17-13-11-8-4-5-9-12(11)14(18)16(13)15(19)20-10-6-2-1-3-7-10/h1-3,6-7,11-12H,4-5,8-9H2. The molecule has 3 amide bonds. The van der Waals surface area contributed by atoms with Crippen LogP contribution in [0.25, 0.3) is 0 Å². The van der Waals surface area contributed by atoms with E-state index in [0.717, 1.165) is 12.8 Å². The van der Waals surface area contributed by atoms with E-state index in [1.165, 1.54) is 0 Å². The van der Waals surface area contributed by atoms with Crippen molar-refractivity contribution in [1.82, 2.24) is 4.90 Å². The van der Waals surface area contributed by atoms with Crippen molar-refractivity contribution in [3.63, 3.8) is 0 Å². The lowest BCUT2D eigenvalue weighted by Crippen LogP contribution is -2.39. The highest BCUT2D eigenvalue weighted by Gasteiger charge is 2.51. The Hall–Kier alpha value is -2.17. The summed E-state index contributed by atoms with van der Waals surface area (Å²) in [5.74, 6) is -1.15. The third-order valence-electron chi connectivity index (χ3n) is 3.97. The highest BCUT2D eigenvalue weighted by atomic mass is 16.6. The third-order valence-corrected chi connectivity index (χ3v) is 3.97. The first kappa shape index (κ1) is 12.8. The van der Waals surface area contributed by atoms with Gasteiger partial charge in [0, 0.05) is 0 Å². The van der Waals surface area contributed by atoms with Crippen molar-refractivity contribution in [3.8, 4) is 5.75 Å². The molecule has 1 saturated carbocycles. The largest absolute Gasteiger partial charge is 0.429 e. The molecule has 20 heavy (non-hydrogen) atoms. The van der Waals surface area contributed by atoms with Crippen LogP contribution >= 0.6 is 0 Å². The van der Waals surface area contributed by atoms with Crippen LogP contribution in [0.1, 0.15) is 25.7 Å². The van der Waals surface area contributed by atoms with Gasteiger partial charge in [-0.2, -0.15) is 4.90 Å². The van der Waals surface area contributed by atoms with Gasteiger partial charge >= 0.3 is 6.09 Å². The molecule has 1 aliphatic carbocycles. The smallest absolute Gasteiger partial charge is 0.410 e. The summed E-state index contributed by atoms with van der Waals surface area (Å²) in [7, 11) is 0. The van der Waals surface area contributed by atoms with Crippen LogP contribution in [0.15, 0.2) is 30.3 Å². The number of fused-ring (bicyclic) bond motifs is 1. The average molecular weight is 273 g/mol. The first-order valence-corrected chi connectivity index (χ1v) is 6.83. The topological polar surface area (TPSA) is 63.7 Å². The van der Waals surface area contributed by atoms with Crippen LogP contribution in [0.2, 0.25) is 0 Å². The van der Waals surface area contributed by atoms with E-state index < -0.39 is 17.9 Å². The molecule has 5 nitrogen and oxygen atoms in total. The van der Waals surface area contributed by atoms with E-state index in [-0.39, 0.29) is 11.8 Å². The number of amides is 3. The Bertz CT molecular complexity index is 530. The third kappa shape index (κ3) is 2.09. The summed E-state index contributed by atoms with van der Waals surface area (Å²) >= 11 is 0. The molecule has 0 radical (unpaired) electrons. The first-order chi connectivity index (χ1) is 9.68. The molecule has 104 valence electrons. The van der Waals surface area contributed by atoms with Gasteiger partial charge in [-0.05, 0) is 25.0 Å². The zero-order chi connectivity index (χ0) is 14.1. The number of hydrogen-bond acceptors (Lipinski definition) is 4. The number of likely N-dealkylation sites (tertiary alicyclic amines) is 1. The number of carbonyl (C=O) groups excluding carboxylic acids is 3. The summed E-state index contributed by atoms with van der Waals surface area (Å²) in [5, 5.41) is 0. The molecule has 0 N–H and O–H groups in total. The van der Waals surface area contributed by atoms with Gasteiger partial charge in [0.1, 0.15) is 5.75 Å². The van der Waals surface area contributed by atoms with Gasteiger partial charge in [-0.15, -0.1) is 0 Å². The normalized spacial score (nSPS) is 25.5. The van der Waals surface area contributed by atoms with Gasteiger partial charge in [-0.1, -0.05) is 31.0 Å². The number of rotatable bonds is 1. The monoisotopic (exact) mass is 273 g/mol. The SMILES string of the molecule is O=C(Oc1ccccc1)N1C(=O)C2CCCCC2C1=O. The molecule has 1 saturated heterocycles. The van der Waals surface area contributed by atoms with Crippen LogP contribution in [0.5, 0.6) is 5.75 Å². The number of nitrogens with zero attached hydrogens (tertiary/aromatic N) is 1. The van der Waals surface area contributed by atoms with Gasteiger partial charge in [0.05, 0.1) is 11.8 Å². The minimum Gasteiger partial charge on any atom is -0.410 e. The van der Waals surface area contributed by atoms with Crippen LogP contribution < -0.4 is 4.74 Å². The lowest BCUT2D eigenvalue weighted by molar-refractivity contribution is -0.136. The summed E-state index contributed by atoms with van der Waals surface area (Å²) in [6, 6.07) is 8.44. The van der Waals surface area contributed by atoms with E-state index in [9.17, 15) is 14.4 Å². The fraction of sp³-hybridized carbons (Fsp3) is 0.400. The van der Waals surface area contributed by atoms with E-state index in [2.05, 4.69) is 0 Å². The van der Waals surface area contributed by atoms with Gasteiger partial charge in [-0.3, -0.25) is 9.59 Å². The number of imide groups is 3. The number of ether oxygens (including phenoxy) is 1. The maximum Gasteiger partial charge on any atom is 0.429 e.